The van der Waals surface area contributed by atoms with Gasteiger partial charge in [0.05, 0.1) is 5.56 Å². The van der Waals surface area contributed by atoms with E-state index in [2.05, 4.69) is 46.5 Å². The summed E-state index contributed by atoms with van der Waals surface area (Å²) in [6, 6.07) is 5.66. The first-order valence-electron chi connectivity index (χ1n) is 10.2. The van der Waals surface area contributed by atoms with Crippen molar-refractivity contribution in [1.29, 1.82) is 0 Å². The van der Waals surface area contributed by atoms with Gasteiger partial charge in [-0.2, -0.15) is 13.2 Å². The molecule has 3 nitrogen and oxygen atoms in total. The van der Waals surface area contributed by atoms with Gasteiger partial charge < -0.3 is 22.6 Å². The first kappa shape index (κ1) is 28.1. The van der Waals surface area contributed by atoms with Gasteiger partial charge >= 0.3 is 41.8 Å². The fourth-order valence-corrected chi connectivity index (χ4v) is 8.65. The molecule has 32 heavy (non-hydrogen) atoms. The average Bonchev–Trinajstić information content (AvgIpc) is 3.20. The van der Waals surface area contributed by atoms with E-state index in [0.29, 0.717) is 24.0 Å². The van der Waals surface area contributed by atoms with Crippen LogP contribution in [0.3, 0.4) is 0 Å². The first-order valence-corrected chi connectivity index (χ1v) is 17.6. The van der Waals surface area contributed by atoms with Crippen molar-refractivity contribution in [1.82, 2.24) is 4.57 Å². The van der Waals surface area contributed by atoms with E-state index < -0.39 is 37.0 Å². The number of nitrogens with zero attached hydrogens (tertiary/aromatic N) is 3. The molecule has 1 aromatic carbocycles. The first-order chi connectivity index (χ1) is 14.7. The second kappa shape index (κ2) is 12.0. The van der Waals surface area contributed by atoms with Gasteiger partial charge in [0.2, 0.25) is 0 Å². The van der Waals surface area contributed by atoms with E-state index in [4.69, 9.17) is 18.6 Å². The number of alkyl halides is 3. The van der Waals surface area contributed by atoms with E-state index in [-0.39, 0.29) is 7.43 Å². The van der Waals surface area contributed by atoms with Gasteiger partial charge in [-0.25, -0.2) is 0 Å². The van der Waals surface area contributed by atoms with E-state index in [0.717, 1.165) is 31.7 Å². The molecular formula is C22H29Cl2F3N3SiTi+. The Labute approximate surface area is 207 Å². The number of allylic oxidation sites excluding steroid dienone is 4. The van der Waals surface area contributed by atoms with Crippen molar-refractivity contribution in [3.63, 3.8) is 0 Å². The second-order valence-corrected chi connectivity index (χ2v) is 15.8. The Bertz CT molecular complexity index is 797. The van der Waals surface area contributed by atoms with Gasteiger partial charge in [0, 0.05) is 0 Å². The number of rotatable bonds is 3. The Balaban J connectivity index is 0.000000860. The summed E-state index contributed by atoms with van der Waals surface area (Å²) in [5.74, 6) is 0.836. The van der Waals surface area contributed by atoms with Crippen LogP contribution < -0.4 is 0 Å². The van der Waals surface area contributed by atoms with Crippen molar-refractivity contribution in [2.45, 2.75) is 37.7 Å². The molecule has 174 valence electrons. The quantitative estimate of drug-likeness (QED) is 0.283. The van der Waals surface area contributed by atoms with Crippen molar-refractivity contribution >= 4 is 32.4 Å². The zero-order valence-electron chi connectivity index (χ0n) is 18.5. The molecule has 0 radical (unpaired) electrons. The number of fused-ring (bicyclic) bond motifs is 1. The van der Waals surface area contributed by atoms with Gasteiger partial charge in [-0.05, 0) is 47.1 Å². The number of hydrogen-bond donors (Lipinski definition) is 0. The second-order valence-electron chi connectivity index (χ2n) is 8.59. The van der Waals surface area contributed by atoms with Crippen LogP contribution in [0.4, 0.5) is 13.2 Å². The van der Waals surface area contributed by atoms with E-state index in [1.165, 1.54) is 17.7 Å². The van der Waals surface area contributed by atoms with Crippen molar-refractivity contribution in [3.8, 4) is 0 Å². The Morgan fingerprint density at radius 2 is 1.66 bits per heavy atom. The zero-order valence-corrected chi connectivity index (χ0v) is 22.6. The molecule has 2 fully saturated rings. The Morgan fingerprint density at radius 1 is 1.06 bits per heavy atom. The van der Waals surface area contributed by atoms with E-state index >= 15 is 0 Å². The summed E-state index contributed by atoms with van der Waals surface area (Å²) in [5.41, 5.74) is 2.11. The van der Waals surface area contributed by atoms with Gasteiger partial charge in [-0.1, -0.05) is 49.9 Å². The van der Waals surface area contributed by atoms with Crippen LogP contribution in [0.5, 0.6) is 0 Å². The third kappa shape index (κ3) is 6.30. The van der Waals surface area contributed by atoms with Crippen LogP contribution in [0.15, 0.2) is 42.5 Å². The van der Waals surface area contributed by atoms with Crippen LogP contribution in [0.1, 0.15) is 24.0 Å². The average molecular weight is 539 g/mol. The fourth-order valence-electron chi connectivity index (χ4n) is 5.10. The molecule has 3 aliphatic rings. The maximum absolute atomic E-state index is 12.9. The predicted octanol–water partition coefficient (Wildman–Crippen LogP) is 8.02. The van der Waals surface area contributed by atoms with Crippen LogP contribution >= 0.6 is 18.6 Å². The normalized spacial score (nSPS) is 26.0. The standard InChI is InChI=1S/C21H26F3N3Si.CH3.2ClH.Ti/c1-28(2,27-13-25-12-26-14-27)20-11-10-18-17(4-3-5-19(18)20)15-6-8-16(9-7-15)21(22,23)24;;;;/h3-9,18-20H,10-14H2,1-2H3;1H3;2*1H;/q-2;-1;;;+6/p-2. The van der Waals surface area contributed by atoms with E-state index in [1.807, 2.05) is 0 Å². The van der Waals surface area contributed by atoms with Crippen LogP contribution in [0.25, 0.3) is 16.2 Å². The molecule has 0 N–H and O–H groups in total. The van der Waals surface area contributed by atoms with Crippen LogP contribution in [0.2, 0.25) is 18.6 Å². The molecule has 3 atom stereocenters. The third-order valence-electron chi connectivity index (χ3n) is 6.74. The van der Waals surface area contributed by atoms with Crippen molar-refractivity contribution < 1.29 is 30.2 Å². The van der Waals surface area contributed by atoms with Crippen LogP contribution in [-0.4, -0.2) is 32.8 Å². The third-order valence-corrected chi connectivity index (χ3v) is 11.1. The monoisotopic (exact) mass is 538 g/mol. The van der Waals surface area contributed by atoms with Crippen molar-refractivity contribution in [2.24, 2.45) is 11.8 Å². The number of halogens is 5. The summed E-state index contributed by atoms with van der Waals surface area (Å²) < 4.78 is 41.2. The van der Waals surface area contributed by atoms with Gasteiger partial charge in [0.15, 0.2) is 0 Å². The molecule has 10 heteroatoms. The Kier molecular flexibility index (Phi) is 10.6. The summed E-state index contributed by atoms with van der Waals surface area (Å²) >= 11 is -0.556. The van der Waals surface area contributed by atoms with Crippen molar-refractivity contribution in [2.75, 3.05) is 20.0 Å². The van der Waals surface area contributed by atoms with Crippen LogP contribution in [0, 0.1) is 19.3 Å². The summed E-state index contributed by atoms with van der Waals surface area (Å²) in [4.78, 5) is 0. The number of benzene rings is 1. The van der Waals surface area contributed by atoms with Crippen molar-refractivity contribution in [3.05, 3.63) is 71.7 Å². The molecule has 0 aromatic heterocycles. The Morgan fingerprint density at radius 3 is 2.22 bits per heavy atom. The van der Waals surface area contributed by atoms with Crippen LogP contribution in [-0.2, 0) is 23.2 Å². The minimum absolute atomic E-state index is 0. The van der Waals surface area contributed by atoms with Gasteiger partial charge in [-0.3, -0.25) is 6.67 Å². The molecule has 1 aliphatic heterocycles. The molecule has 1 heterocycles. The molecule has 0 bridgehead atoms. The molecule has 0 amide bonds. The molecule has 1 aromatic rings. The molecule has 2 aliphatic carbocycles. The molecule has 3 unspecified atom stereocenters. The van der Waals surface area contributed by atoms with Gasteiger partial charge in [0.25, 0.3) is 0 Å². The minimum atomic E-state index is -4.29. The predicted molar refractivity (Wildman–Crippen MR) is 127 cm³/mol. The van der Waals surface area contributed by atoms with Gasteiger partial charge in [-0.15, -0.1) is 13.3 Å². The SMILES string of the molecule is C[Si](C)(C1CCC2C(c3ccc(C(F)(F)F)cc3)=CC=CC21)N1C[N-]C[N-]C1.[CH3-].[Cl][Ti+4][Cl]. The fraction of sp³-hybridized carbons (Fsp3) is 0.500. The summed E-state index contributed by atoms with van der Waals surface area (Å²) in [5, 5.41) is 8.93. The van der Waals surface area contributed by atoms with E-state index in [1.54, 1.807) is 12.1 Å². The van der Waals surface area contributed by atoms with E-state index in [9.17, 15) is 13.2 Å². The summed E-state index contributed by atoms with van der Waals surface area (Å²) in [6.07, 6.45) is 4.47. The number of hydrogen-bond acceptors (Lipinski definition) is 1. The maximum atomic E-state index is 12.9. The molecule has 1 saturated heterocycles. The summed E-state index contributed by atoms with van der Waals surface area (Å²) in [7, 11) is 8.05. The zero-order chi connectivity index (χ0) is 22.6. The molecule has 4 rings (SSSR count). The topological polar surface area (TPSA) is 31.4 Å². The van der Waals surface area contributed by atoms with Gasteiger partial charge in [0.1, 0.15) is 8.24 Å². The molecule has 1 saturated carbocycles. The summed E-state index contributed by atoms with van der Waals surface area (Å²) in [6.45, 7) is 7.00. The molecule has 0 spiro atoms. The Hall–Kier alpha value is -0.119. The molecular weight excluding hydrogens is 510 g/mol.